The SMILES string of the molecule is COc1ccccc1N(C)S(=O)(=O)c1c(C)csc1CCl. The first-order chi connectivity index (χ1) is 9.93. The van der Waals surface area contributed by atoms with Gasteiger partial charge in [-0.3, -0.25) is 4.31 Å². The molecular formula is C14H16ClNO3S2. The molecule has 0 spiro atoms. The van der Waals surface area contributed by atoms with Gasteiger partial charge in [0.05, 0.1) is 18.7 Å². The zero-order chi connectivity index (χ0) is 15.6. The van der Waals surface area contributed by atoms with Crippen molar-refractivity contribution in [2.24, 2.45) is 0 Å². The summed E-state index contributed by atoms with van der Waals surface area (Å²) in [6.45, 7) is 1.77. The number of sulfonamides is 1. The van der Waals surface area contributed by atoms with E-state index in [2.05, 4.69) is 0 Å². The number of aryl methyl sites for hydroxylation is 1. The molecule has 0 amide bonds. The number of alkyl halides is 1. The molecule has 0 aliphatic heterocycles. The van der Waals surface area contributed by atoms with Crippen LogP contribution in [0.1, 0.15) is 10.4 Å². The van der Waals surface area contributed by atoms with Gasteiger partial charge in [-0.05, 0) is 30.0 Å². The average Bonchev–Trinajstić information content (AvgIpc) is 2.88. The highest BCUT2D eigenvalue weighted by atomic mass is 35.5. The molecule has 0 saturated carbocycles. The van der Waals surface area contributed by atoms with E-state index in [1.165, 1.54) is 29.8 Å². The molecule has 0 fully saturated rings. The second kappa shape index (κ2) is 6.25. The van der Waals surface area contributed by atoms with Crippen molar-refractivity contribution in [2.75, 3.05) is 18.5 Å². The Morgan fingerprint density at radius 1 is 1.33 bits per heavy atom. The van der Waals surface area contributed by atoms with Gasteiger partial charge in [0.2, 0.25) is 0 Å². The lowest BCUT2D eigenvalue weighted by Crippen LogP contribution is -2.27. The van der Waals surface area contributed by atoms with E-state index in [9.17, 15) is 8.42 Å². The summed E-state index contributed by atoms with van der Waals surface area (Å²) in [6.07, 6.45) is 0. The molecule has 0 bridgehead atoms. The zero-order valence-corrected chi connectivity index (χ0v) is 14.3. The zero-order valence-electron chi connectivity index (χ0n) is 12.0. The van der Waals surface area contributed by atoms with Crippen LogP contribution in [0.15, 0.2) is 34.5 Å². The molecule has 0 unspecified atom stereocenters. The van der Waals surface area contributed by atoms with Crippen molar-refractivity contribution in [3.8, 4) is 5.75 Å². The normalized spacial score (nSPS) is 11.4. The molecule has 7 heteroatoms. The van der Waals surface area contributed by atoms with Crippen molar-refractivity contribution in [3.05, 3.63) is 40.1 Å². The third kappa shape index (κ3) is 2.88. The van der Waals surface area contributed by atoms with Crippen molar-refractivity contribution < 1.29 is 13.2 Å². The Balaban J connectivity index is 2.56. The fourth-order valence-electron chi connectivity index (χ4n) is 2.08. The van der Waals surface area contributed by atoms with Crippen LogP contribution in [0.4, 0.5) is 5.69 Å². The molecule has 21 heavy (non-hydrogen) atoms. The van der Waals surface area contributed by atoms with Crippen LogP contribution in [0.5, 0.6) is 5.75 Å². The number of ether oxygens (including phenoxy) is 1. The lowest BCUT2D eigenvalue weighted by Gasteiger charge is -2.22. The van der Waals surface area contributed by atoms with Crippen LogP contribution in [0.2, 0.25) is 0 Å². The smallest absolute Gasteiger partial charge is 0.265 e. The van der Waals surface area contributed by atoms with Crippen molar-refractivity contribution in [3.63, 3.8) is 0 Å². The van der Waals surface area contributed by atoms with Gasteiger partial charge in [0.25, 0.3) is 10.0 Å². The number of halogens is 1. The monoisotopic (exact) mass is 345 g/mol. The van der Waals surface area contributed by atoms with E-state index in [4.69, 9.17) is 16.3 Å². The molecule has 0 N–H and O–H groups in total. The first-order valence-electron chi connectivity index (χ1n) is 6.18. The van der Waals surface area contributed by atoms with Crippen LogP contribution in [0, 0.1) is 6.92 Å². The van der Waals surface area contributed by atoms with Crippen molar-refractivity contribution in [1.82, 2.24) is 0 Å². The molecule has 0 aliphatic rings. The van der Waals surface area contributed by atoms with Crippen LogP contribution >= 0.6 is 22.9 Å². The number of hydrogen-bond donors (Lipinski definition) is 0. The van der Waals surface area contributed by atoms with E-state index < -0.39 is 10.0 Å². The molecular weight excluding hydrogens is 330 g/mol. The van der Waals surface area contributed by atoms with Crippen molar-refractivity contribution in [2.45, 2.75) is 17.7 Å². The average molecular weight is 346 g/mol. The maximum atomic E-state index is 12.9. The number of hydrogen-bond acceptors (Lipinski definition) is 4. The van der Waals surface area contributed by atoms with Crippen LogP contribution in [0.25, 0.3) is 0 Å². The number of methoxy groups -OCH3 is 1. The van der Waals surface area contributed by atoms with Gasteiger partial charge in [-0.15, -0.1) is 22.9 Å². The van der Waals surface area contributed by atoms with Gasteiger partial charge in [-0.1, -0.05) is 12.1 Å². The largest absolute Gasteiger partial charge is 0.495 e. The number of anilines is 1. The number of thiophene rings is 1. The van der Waals surface area contributed by atoms with Gasteiger partial charge in [0, 0.05) is 11.9 Å². The minimum Gasteiger partial charge on any atom is -0.495 e. The van der Waals surface area contributed by atoms with Crippen LogP contribution in [-0.2, 0) is 15.9 Å². The van der Waals surface area contributed by atoms with Gasteiger partial charge in [-0.25, -0.2) is 8.42 Å². The van der Waals surface area contributed by atoms with E-state index in [0.29, 0.717) is 21.9 Å². The Bertz CT molecular complexity index is 740. The molecule has 2 rings (SSSR count). The number of nitrogens with zero attached hydrogens (tertiary/aromatic N) is 1. The number of rotatable bonds is 5. The minimum absolute atomic E-state index is 0.173. The Morgan fingerprint density at radius 2 is 2.00 bits per heavy atom. The van der Waals surface area contributed by atoms with Gasteiger partial charge in [0.15, 0.2) is 0 Å². The molecule has 1 heterocycles. The highest BCUT2D eigenvalue weighted by Crippen LogP contribution is 2.35. The van der Waals surface area contributed by atoms with Gasteiger partial charge in [0.1, 0.15) is 10.6 Å². The molecule has 1 aromatic heterocycles. The molecule has 0 atom stereocenters. The summed E-state index contributed by atoms with van der Waals surface area (Å²) < 4.78 is 32.2. The number of para-hydroxylation sites is 2. The summed E-state index contributed by atoms with van der Waals surface area (Å²) >= 11 is 7.22. The fourth-order valence-corrected chi connectivity index (χ4v) is 5.30. The third-order valence-corrected chi connectivity index (χ3v) is 6.82. The Kier molecular flexibility index (Phi) is 4.81. The van der Waals surface area contributed by atoms with Crippen LogP contribution < -0.4 is 9.04 Å². The molecule has 0 saturated heterocycles. The fraction of sp³-hybridized carbons (Fsp3) is 0.286. The summed E-state index contributed by atoms with van der Waals surface area (Å²) in [6, 6.07) is 7.00. The molecule has 1 aromatic carbocycles. The van der Waals surface area contributed by atoms with Crippen LogP contribution in [-0.4, -0.2) is 22.6 Å². The highest BCUT2D eigenvalue weighted by molar-refractivity contribution is 7.93. The van der Waals surface area contributed by atoms with Crippen molar-refractivity contribution >= 4 is 38.6 Å². The second-order valence-electron chi connectivity index (χ2n) is 4.45. The number of benzene rings is 1. The Hall–Kier alpha value is -1.24. The maximum Gasteiger partial charge on any atom is 0.265 e. The second-order valence-corrected chi connectivity index (χ2v) is 7.59. The summed E-state index contributed by atoms with van der Waals surface area (Å²) in [4.78, 5) is 0.937. The predicted octanol–water partition coefficient (Wildman–Crippen LogP) is 3.63. The summed E-state index contributed by atoms with van der Waals surface area (Å²) in [5.41, 5.74) is 1.20. The highest BCUT2D eigenvalue weighted by Gasteiger charge is 2.28. The van der Waals surface area contributed by atoms with E-state index >= 15 is 0 Å². The van der Waals surface area contributed by atoms with E-state index in [0.717, 1.165) is 0 Å². The molecule has 4 nitrogen and oxygen atoms in total. The van der Waals surface area contributed by atoms with E-state index in [-0.39, 0.29) is 10.8 Å². The van der Waals surface area contributed by atoms with Gasteiger partial charge in [-0.2, -0.15) is 0 Å². The standard InChI is InChI=1S/C14H16ClNO3S2/c1-10-9-20-13(8-15)14(10)21(17,18)16(2)11-6-4-5-7-12(11)19-3/h4-7,9H,8H2,1-3H3. The maximum absolute atomic E-state index is 12.9. The van der Waals surface area contributed by atoms with E-state index in [1.54, 1.807) is 36.6 Å². The predicted molar refractivity (Wildman–Crippen MR) is 87.2 cm³/mol. The van der Waals surface area contributed by atoms with Gasteiger partial charge >= 0.3 is 0 Å². The quantitative estimate of drug-likeness (QED) is 0.777. The molecule has 2 aromatic rings. The van der Waals surface area contributed by atoms with Gasteiger partial charge < -0.3 is 4.74 Å². The molecule has 0 aliphatic carbocycles. The Morgan fingerprint density at radius 3 is 2.62 bits per heavy atom. The first-order valence-corrected chi connectivity index (χ1v) is 9.03. The third-order valence-electron chi connectivity index (χ3n) is 3.15. The molecule has 0 radical (unpaired) electrons. The molecule has 114 valence electrons. The topological polar surface area (TPSA) is 46.6 Å². The minimum atomic E-state index is -3.68. The lowest BCUT2D eigenvalue weighted by molar-refractivity contribution is 0.416. The van der Waals surface area contributed by atoms with E-state index in [1.807, 2.05) is 0 Å². The summed E-state index contributed by atoms with van der Waals surface area (Å²) in [5, 5.41) is 1.81. The van der Waals surface area contributed by atoms with Crippen LogP contribution in [0.3, 0.4) is 0 Å². The Labute approximate surface area is 134 Å². The van der Waals surface area contributed by atoms with Crippen molar-refractivity contribution in [1.29, 1.82) is 0 Å². The summed E-state index contributed by atoms with van der Waals surface area (Å²) in [7, 11) is -0.646. The first kappa shape index (κ1) is 16.1. The summed E-state index contributed by atoms with van der Waals surface area (Å²) in [5.74, 6) is 0.677. The lowest BCUT2D eigenvalue weighted by atomic mass is 10.3.